The van der Waals surface area contributed by atoms with Crippen molar-refractivity contribution in [3.05, 3.63) is 29.2 Å². The lowest BCUT2D eigenvalue weighted by atomic mass is 9.93. The zero-order chi connectivity index (χ0) is 11.0. The largest absolute Gasteiger partial charge is 0.307 e. The number of fused-ring (bicyclic) bond motifs is 1. The monoisotopic (exact) mass is 236 g/mol. The maximum Gasteiger partial charge on any atom is 0.165 e. The molecule has 1 N–H and O–H groups in total. The van der Waals surface area contributed by atoms with Crippen molar-refractivity contribution < 1.29 is 0 Å². The van der Waals surface area contributed by atoms with E-state index in [-0.39, 0.29) is 0 Å². The first kappa shape index (κ1) is 10.1. The van der Waals surface area contributed by atoms with Gasteiger partial charge in [-0.05, 0) is 18.9 Å². The molecule has 1 saturated carbocycles. The molecule has 1 fully saturated rings. The van der Waals surface area contributed by atoms with Crippen molar-refractivity contribution in [3.8, 4) is 0 Å². The van der Waals surface area contributed by atoms with Crippen molar-refractivity contribution >= 4 is 17.2 Å². The van der Waals surface area contributed by atoms with E-state index >= 15 is 0 Å². The molecule has 0 atom stereocenters. The second-order valence-electron chi connectivity index (χ2n) is 4.18. The Hall–Kier alpha value is -1.13. The molecule has 0 radical (unpaired) electrons. The molecule has 84 valence electrons. The van der Waals surface area contributed by atoms with E-state index in [9.17, 15) is 0 Å². The standard InChI is InChI=1S/C11H13ClN4/c12-8-4-5-16-11(6-8)14-10(15-16)7-13-9-2-1-3-9/h4-6,9,13H,1-3,7H2. The van der Waals surface area contributed by atoms with Crippen LogP contribution >= 0.6 is 11.6 Å². The van der Waals surface area contributed by atoms with Crippen LogP contribution in [0.15, 0.2) is 18.3 Å². The highest BCUT2D eigenvalue weighted by Gasteiger charge is 2.17. The van der Waals surface area contributed by atoms with Gasteiger partial charge in [0, 0.05) is 23.3 Å². The summed E-state index contributed by atoms with van der Waals surface area (Å²) in [4.78, 5) is 4.41. The molecule has 2 aromatic rings. The fraction of sp³-hybridized carbons (Fsp3) is 0.455. The summed E-state index contributed by atoms with van der Waals surface area (Å²) in [6.07, 6.45) is 5.72. The van der Waals surface area contributed by atoms with Crippen LogP contribution in [-0.2, 0) is 6.54 Å². The molecule has 0 unspecified atom stereocenters. The Morgan fingerprint density at radius 3 is 3.12 bits per heavy atom. The van der Waals surface area contributed by atoms with E-state index in [1.54, 1.807) is 4.52 Å². The lowest BCUT2D eigenvalue weighted by molar-refractivity contribution is 0.335. The molecule has 0 bridgehead atoms. The van der Waals surface area contributed by atoms with Crippen LogP contribution in [0.5, 0.6) is 0 Å². The SMILES string of the molecule is Clc1ccn2nc(CNC3CCC3)nc2c1. The fourth-order valence-corrected chi connectivity index (χ4v) is 1.98. The molecule has 5 heteroatoms. The number of hydrogen-bond donors (Lipinski definition) is 1. The summed E-state index contributed by atoms with van der Waals surface area (Å²) in [7, 11) is 0. The molecule has 0 saturated heterocycles. The minimum atomic E-state index is 0.662. The first-order valence-electron chi connectivity index (χ1n) is 5.55. The smallest absolute Gasteiger partial charge is 0.165 e. The highest BCUT2D eigenvalue weighted by atomic mass is 35.5. The van der Waals surface area contributed by atoms with Crippen LogP contribution in [0.25, 0.3) is 5.65 Å². The van der Waals surface area contributed by atoms with Crippen molar-refractivity contribution in [2.75, 3.05) is 0 Å². The van der Waals surface area contributed by atoms with Gasteiger partial charge in [-0.25, -0.2) is 9.50 Å². The zero-order valence-corrected chi connectivity index (χ0v) is 9.61. The number of hydrogen-bond acceptors (Lipinski definition) is 3. The van der Waals surface area contributed by atoms with Gasteiger partial charge in [0.15, 0.2) is 11.5 Å². The highest BCUT2D eigenvalue weighted by Crippen LogP contribution is 2.18. The van der Waals surface area contributed by atoms with Crippen LogP contribution in [0.2, 0.25) is 5.02 Å². The summed E-state index contributed by atoms with van der Waals surface area (Å²) in [5.74, 6) is 0.828. The fourth-order valence-electron chi connectivity index (χ4n) is 1.83. The van der Waals surface area contributed by atoms with E-state index in [1.165, 1.54) is 19.3 Å². The highest BCUT2D eigenvalue weighted by molar-refractivity contribution is 6.30. The van der Waals surface area contributed by atoms with Gasteiger partial charge in [-0.15, -0.1) is 5.10 Å². The van der Waals surface area contributed by atoms with Gasteiger partial charge in [0.25, 0.3) is 0 Å². The summed E-state index contributed by atoms with van der Waals surface area (Å²) >= 11 is 5.89. The molecule has 3 rings (SSSR count). The molecule has 0 aliphatic heterocycles. The summed E-state index contributed by atoms with van der Waals surface area (Å²) < 4.78 is 1.75. The van der Waals surface area contributed by atoms with Crippen molar-refractivity contribution in [2.45, 2.75) is 31.8 Å². The molecule has 4 nitrogen and oxygen atoms in total. The van der Waals surface area contributed by atoms with Crippen molar-refractivity contribution in [3.63, 3.8) is 0 Å². The van der Waals surface area contributed by atoms with Crippen LogP contribution in [0.4, 0.5) is 0 Å². The topological polar surface area (TPSA) is 42.2 Å². The lowest BCUT2D eigenvalue weighted by Gasteiger charge is -2.25. The zero-order valence-electron chi connectivity index (χ0n) is 8.86. The predicted molar refractivity (Wildman–Crippen MR) is 62.5 cm³/mol. The van der Waals surface area contributed by atoms with Crippen LogP contribution in [0, 0.1) is 0 Å². The number of halogens is 1. The van der Waals surface area contributed by atoms with Gasteiger partial charge in [-0.3, -0.25) is 0 Å². The quantitative estimate of drug-likeness (QED) is 0.887. The molecule has 0 amide bonds. The third-order valence-electron chi connectivity index (χ3n) is 3.00. The number of rotatable bonds is 3. The van der Waals surface area contributed by atoms with E-state index in [0.717, 1.165) is 18.0 Å². The Labute approximate surface area is 98.6 Å². The van der Waals surface area contributed by atoms with Gasteiger partial charge in [0.1, 0.15) is 0 Å². The van der Waals surface area contributed by atoms with Gasteiger partial charge in [0.05, 0.1) is 6.54 Å². The van der Waals surface area contributed by atoms with E-state index in [1.807, 2.05) is 18.3 Å². The number of pyridine rings is 1. The normalized spacial score (nSPS) is 16.6. The van der Waals surface area contributed by atoms with Gasteiger partial charge in [-0.2, -0.15) is 0 Å². The summed E-state index contributed by atoms with van der Waals surface area (Å²) in [6.45, 7) is 0.740. The molecule has 2 aromatic heterocycles. The summed E-state index contributed by atoms with van der Waals surface area (Å²) in [5.41, 5.74) is 0.804. The second-order valence-corrected chi connectivity index (χ2v) is 4.62. The van der Waals surface area contributed by atoms with E-state index in [0.29, 0.717) is 11.1 Å². The molecule has 0 spiro atoms. The minimum Gasteiger partial charge on any atom is -0.307 e. The van der Waals surface area contributed by atoms with Gasteiger partial charge in [0.2, 0.25) is 0 Å². The van der Waals surface area contributed by atoms with Crippen LogP contribution in [-0.4, -0.2) is 20.6 Å². The van der Waals surface area contributed by atoms with Crippen molar-refractivity contribution in [1.29, 1.82) is 0 Å². The van der Waals surface area contributed by atoms with Crippen molar-refractivity contribution in [2.24, 2.45) is 0 Å². The molecular weight excluding hydrogens is 224 g/mol. The maximum absolute atomic E-state index is 5.89. The number of aromatic nitrogens is 3. The summed E-state index contributed by atoms with van der Waals surface area (Å²) in [6, 6.07) is 4.29. The van der Waals surface area contributed by atoms with E-state index in [2.05, 4.69) is 15.4 Å². The Balaban J connectivity index is 1.76. The second kappa shape index (κ2) is 4.03. The number of nitrogens with zero attached hydrogens (tertiary/aromatic N) is 3. The Morgan fingerprint density at radius 1 is 1.50 bits per heavy atom. The first-order valence-corrected chi connectivity index (χ1v) is 5.93. The first-order chi connectivity index (χ1) is 7.81. The van der Waals surface area contributed by atoms with Crippen molar-refractivity contribution in [1.82, 2.24) is 19.9 Å². The van der Waals surface area contributed by atoms with Gasteiger partial charge >= 0.3 is 0 Å². The number of nitrogens with one attached hydrogen (secondary N) is 1. The Bertz CT molecular complexity index is 504. The third-order valence-corrected chi connectivity index (χ3v) is 3.23. The minimum absolute atomic E-state index is 0.662. The van der Waals surface area contributed by atoms with E-state index < -0.39 is 0 Å². The van der Waals surface area contributed by atoms with Gasteiger partial charge < -0.3 is 5.32 Å². The average molecular weight is 237 g/mol. The third kappa shape index (κ3) is 1.90. The van der Waals surface area contributed by atoms with Crippen LogP contribution in [0.3, 0.4) is 0 Å². The molecule has 2 heterocycles. The predicted octanol–water partition coefficient (Wildman–Crippen LogP) is 2.02. The molecular formula is C11H13ClN4. The Kier molecular flexibility index (Phi) is 2.53. The van der Waals surface area contributed by atoms with Crippen LogP contribution < -0.4 is 5.32 Å². The molecule has 1 aliphatic rings. The molecule has 0 aromatic carbocycles. The maximum atomic E-state index is 5.89. The summed E-state index contributed by atoms with van der Waals surface area (Å²) in [5, 5.41) is 8.50. The average Bonchev–Trinajstić information content (AvgIpc) is 2.57. The molecule has 1 aliphatic carbocycles. The molecule has 16 heavy (non-hydrogen) atoms. The van der Waals surface area contributed by atoms with Crippen LogP contribution in [0.1, 0.15) is 25.1 Å². The van der Waals surface area contributed by atoms with Gasteiger partial charge in [-0.1, -0.05) is 18.0 Å². The lowest BCUT2D eigenvalue weighted by Crippen LogP contribution is -2.34. The Morgan fingerprint density at radius 2 is 2.38 bits per heavy atom. The van der Waals surface area contributed by atoms with E-state index in [4.69, 9.17) is 11.6 Å².